The van der Waals surface area contributed by atoms with E-state index in [2.05, 4.69) is 39.1 Å². The number of hydrogen-bond donors (Lipinski definition) is 1. The third kappa shape index (κ3) is 5.41. The molecule has 21 heavy (non-hydrogen) atoms. The van der Waals surface area contributed by atoms with E-state index in [1.807, 2.05) is 0 Å². The van der Waals surface area contributed by atoms with Gasteiger partial charge in [-0.25, -0.2) is 0 Å². The van der Waals surface area contributed by atoms with Crippen LogP contribution in [0.4, 0.5) is 0 Å². The van der Waals surface area contributed by atoms with Crippen LogP contribution in [0.3, 0.4) is 0 Å². The largest absolute Gasteiger partial charge is 0.373 e. The highest BCUT2D eigenvalue weighted by atomic mass is 16.5. The molecule has 0 bridgehead atoms. The van der Waals surface area contributed by atoms with E-state index in [-0.39, 0.29) is 5.60 Å². The zero-order valence-electron chi connectivity index (χ0n) is 14.8. The molecule has 0 aromatic carbocycles. The van der Waals surface area contributed by atoms with Crippen molar-refractivity contribution in [3.63, 3.8) is 0 Å². The molecule has 2 heteroatoms. The first kappa shape index (κ1) is 18.7. The van der Waals surface area contributed by atoms with Gasteiger partial charge in [0.25, 0.3) is 0 Å². The Balaban J connectivity index is 2.99. The fourth-order valence-electron chi connectivity index (χ4n) is 3.66. The van der Waals surface area contributed by atoms with E-state index in [9.17, 15) is 0 Å². The molecular formula is C19H37NO. The van der Waals surface area contributed by atoms with Crippen LogP contribution >= 0.6 is 0 Å². The lowest BCUT2D eigenvalue weighted by atomic mass is 9.80. The fourth-order valence-corrected chi connectivity index (χ4v) is 3.66. The molecule has 1 aliphatic carbocycles. The smallest absolute Gasteiger partial charge is 0.0867 e. The molecule has 0 aromatic rings. The van der Waals surface area contributed by atoms with Crippen molar-refractivity contribution in [2.24, 2.45) is 0 Å². The predicted octanol–water partition coefficient (Wildman–Crippen LogP) is 5.23. The van der Waals surface area contributed by atoms with Crippen LogP contribution in [0.1, 0.15) is 85.5 Å². The summed E-state index contributed by atoms with van der Waals surface area (Å²) < 4.78 is 6.31. The van der Waals surface area contributed by atoms with E-state index in [0.717, 1.165) is 26.0 Å². The van der Waals surface area contributed by atoms with E-state index < -0.39 is 0 Å². The average molecular weight is 296 g/mol. The third-order valence-corrected chi connectivity index (χ3v) is 4.95. The Morgan fingerprint density at radius 2 is 1.81 bits per heavy atom. The van der Waals surface area contributed by atoms with Gasteiger partial charge < -0.3 is 10.1 Å². The third-order valence-electron chi connectivity index (χ3n) is 4.95. The normalized spacial score (nSPS) is 18.8. The Hall–Kier alpha value is -0.340. The molecule has 1 atom stereocenters. The molecule has 0 aliphatic heterocycles. The van der Waals surface area contributed by atoms with Gasteiger partial charge in [-0.15, -0.1) is 0 Å². The second kappa shape index (κ2) is 10.4. The van der Waals surface area contributed by atoms with Gasteiger partial charge in [-0.2, -0.15) is 0 Å². The van der Waals surface area contributed by atoms with E-state index in [0.29, 0.717) is 6.04 Å². The minimum Gasteiger partial charge on any atom is -0.373 e. The lowest BCUT2D eigenvalue weighted by Crippen LogP contribution is -2.53. The molecule has 124 valence electrons. The van der Waals surface area contributed by atoms with Crippen molar-refractivity contribution in [3.8, 4) is 0 Å². The van der Waals surface area contributed by atoms with Crippen molar-refractivity contribution in [2.45, 2.75) is 97.1 Å². The lowest BCUT2D eigenvalue weighted by molar-refractivity contribution is -0.0643. The summed E-state index contributed by atoms with van der Waals surface area (Å²) in [5.74, 6) is 0. The Bertz CT molecular complexity index is 294. The van der Waals surface area contributed by atoms with Crippen molar-refractivity contribution >= 4 is 0 Å². The highest BCUT2D eigenvalue weighted by molar-refractivity contribution is 5.18. The minimum atomic E-state index is -0.0328. The molecule has 0 saturated carbocycles. The van der Waals surface area contributed by atoms with Gasteiger partial charge in [-0.1, -0.05) is 45.3 Å². The summed E-state index contributed by atoms with van der Waals surface area (Å²) in [5, 5.41) is 3.82. The molecule has 0 amide bonds. The highest BCUT2D eigenvalue weighted by Gasteiger charge is 2.38. The molecule has 0 fully saturated rings. The maximum absolute atomic E-state index is 6.31. The van der Waals surface area contributed by atoms with Crippen molar-refractivity contribution in [3.05, 3.63) is 11.6 Å². The molecule has 0 spiro atoms. The van der Waals surface area contributed by atoms with Gasteiger partial charge in [0.1, 0.15) is 0 Å². The first-order valence-corrected chi connectivity index (χ1v) is 9.30. The summed E-state index contributed by atoms with van der Waals surface area (Å²) in [6, 6.07) is 0.394. The van der Waals surface area contributed by atoms with E-state index >= 15 is 0 Å². The lowest BCUT2D eigenvalue weighted by Gasteiger charge is -2.42. The first-order chi connectivity index (χ1) is 10.2. The Kier molecular flexibility index (Phi) is 9.26. The second-order valence-corrected chi connectivity index (χ2v) is 6.32. The highest BCUT2D eigenvalue weighted by Crippen LogP contribution is 2.32. The maximum atomic E-state index is 6.31. The van der Waals surface area contributed by atoms with Gasteiger partial charge in [0.05, 0.1) is 11.6 Å². The van der Waals surface area contributed by atoms with E-state index in [4.69, 9.17) is 4.74 Å². The van der Waals surface area contributed by atoms with Crippen LogP contribution in [0.25, 0.3) is 0 Å². The summed E-state index contributed by atoms with van der Waals surface area (Å²) in [4.78, 5) is 0. The van der Waals surface area contributed by atoms with Crippen molar-refractivity contribution in [1.29, 1.82) is 0 Å². The molecule has 2 nitrogen and oxygen atoms in total. The van der Waals surface area contributed by atoms with Crippen LogP contribution in [0.5, 0.6) is 0 Å². The van der Waals surface area contributed by atoms with Crippen molar-refractivity contribution in [2.75, 3.05) is 13.2 Å². The van der Waals surface area contributed by atoms with Gasteiger partial charge in [-0.05, 0) is 58.4 Å². The van der Waals surface area contributed by atoms with Gasteiger partial charge in [0, 0.05) is 6.61 Å². The molecule has 0 aromatic heterocycles. The number of hydrogen-bond acceptors (Lipinski definition) is 2. The van der Waals surface area contributed by atoms with Gasteiger partial charge in [0.2, 0.25) is 0 Å². The van der Waals surface area contributed by atoms with Gasteiger partial charge >= 0.3 is 0 Å². The second-order valence-electron chi connectivity index (χ2n) is 6.32. The molecule has 1 rings (SSSR count). The fraction of sp³-hybridized carbons (Fsp3) is 0.895. The quantitative estimate of drug-likeness (QED) is 0.588. The predicted molar refractivity (Wildman–Crippen MR) is 92.8 cm³/mol. The zero-order valence-corrected chi connectivity index (χ0v) is 14.8. The van der Waals surface area contributed by atoms with Gasteiger partial charge in [-0.3, -0.25) is 0 Å². The van der Waals surface area contributed by atoms with Crippen LogP contribution < -0.4 is 5.32 Å². The van der Waals surface area contributed by atoms with Crippen molar-refractivity contribution in [1.82, 2.24) is 5.32 Å². The summed E-state index contributed by atoms with van der Waals surface area (Å²) >= 11 is 0. The Morgan fingerprint density at radius 3 is 2.43 bits per heavy atom. The van der Waals surface area contributed by atoms with Crippen LogP contribution in [-0.4, -0.2) is 24.8 Å². The molecule has 0 radical (unpaired) electrons. The van der Waals surface area contributed by atoms with Crippen molar-refractivity contribution < 1.29 is 4.74 Å². The molecule has 1 N–H and O–H groups in total. The van der Waals surface area contributed by atoms with Crippen LogP contribution in [0.15, 0.2) is 11.6 Å². The molecule has 0 heterocycles. The van der Waals surface area contributed by atoms with Crippen LogP contribution in [0, 0.1) is 0 Å². The zero-order chi connectivity index (χ0) is 15.6. The summed E-state index contributed by atoms with van der Waals surface area (Å²) in [6.45, 7) is 10.8. The Morgan fingerprint density at radius 1 is 1.10 bits per heavy atom. The summed E-state index contributed by atoms with van der Waals surface area (Å²) in [6.07, 6.45) is 13.8. The van der Waals surface area contributed by atoms with E-state index in [1.54, 1.807) is 5.57 Å². The number of allylic oxidation sites excluding steroid dienone is 1. The molecule has 1 aliphatic rings. The molecular weight excluding hydrogens is 258 g/mol. The van der Waals surface area contributed by atoms with Crippen LogP contribution in [-0.2, 0) is 4.74 Å². The molecule has 0 saturated heterocycles. The average Bonchev–Trinajstić information content (AvgIpc) is 2.47. The number of ether oxygens (including phenoxy) is 1. The SMILES string of the molecule is CCCNC(C1=CCCCCCC1)C(CC)(CC)OCC. The summed E-state index contributed by atoms with van der Waals surface area (Å²) in [7, 11) is 0. The maximum Gasteiger partial charge on any atom is 0.0867 e. The minimum absolute atomic E-state index is 0.0328. The monoisotopic (exact) mass is 295 g/mol. The van der Waals surface area contributed by atoms with Crippen LogP contribution in [0.2, 0.25) is 0 Å². The first-order valence-electron chi connectivity index (χ1n) is 9.30. The topological polar surface area (TPSA) is 21.3 Å². The summed E-state index contributed by atoms with van der Waals surface area (Å²) in [5.41, 5.74) is 1.58. The molecule has 1 unspecified atom stereocenters. The van der Waals surface area contributed by atoms with E-state index in [1.165, 1.54) is 44.9 Å². The Labute approximate surface area is 132 Å². The standard InChI is InChI=1S/C19H37NO/c1-5-16-20-18(19(6-2,7-3)21-8-4)17-14-12-10-9-11-13-15-17/h14,18,20H,5-13,15-16H2,1-4H3. The number of rotatable bonds is 9. The number of nitrogens with one attached hydrogen (secondary N) is 1. The van der Waals surface area contributed by atoms with Gasteiger partial charge in [0.15, 0.2) is 0 Å².